The third kappa shape index (κ3) is 5.29. The SMILES string of the molecule is CCCCc1nc2c(N)nc3ccccc3c2n1Cc1ccc(CN(CCC2CC2)C(C)(C)C)c2sccc12. The number of thiophene rings is 1. The number of unbranched alkanes of at least 4 members (excludes halogenated alkanes) is 1. The minimum absolute atomic E-state index is 0.149. The highest BCUT2D eigenvalue weighted by Gasteiger charge is 2.27. The van der Waals surface area contributed by atoms with Crippen molar-refractivity contribution in [1.29, 1.82) is 0 Å². The lowest BCUT2D eigenvalue weighted by molar-refractivity contribution is 0.124. The van der Waals surface area contributed by atoms with Crippen molar-refractivity contribution in [3.05, 3.63) is 64.8 Å². The molecule has 0 bridgehead atoms. The molecule has 0 amide bonds. The van der Waals surface area contributed by atoms with Gasteiger partial charge >= 0.3 is 0 Å². The number of aromatic nitrogens is 3. The summed E-state index contributed by atoms with van der Waals surface area (Å²) in [4.78, 5) is 12.4. The van der Waals surface area contributed by atoms with Crippen LogP contribution in [0.3, 0.4) is 0 Å². The van der Waals surface area contributed by atoms with Crippen LogP contribution in [0.25, 0.3) is 32.0 Å². The van der Waals surface area contributed by atoms with Gasteiger partial charge in [-0.25, -0.2) is 9.97 Å². The summed E-state index contributed by atoms with van der Waals surface area (Å²) in [6.45, 7) is 12.2. The lowest BCUT2D eigenvalue weighted by Gasteiger charge is -2.36. The Labute approximate surface area is 236 Å². The zero-order valence-electron chi connectivity index (χ0n) is 23.8. The third-order valence-corrected chi connectivity index (χ3v) is 9.36. The first-order chi connectivity index (χ1) is 18.8. The summed E-state index contributed by atoms with van der Waals surface area (Å²) in [5.74, 6) is 2.57. The standard InChI is InChI=1S/C33H41N5S/c1-5-6-11-28-36-29-30(26-9-7-8-10-27(26)35-32(29)34)38(28)21-23-14-15-24(31-25(23)17-19-39-31)20-37(33(2,3)4)18-16-22-12-13-22/h7-10,14-15,17,19,22H,5-6,11-13,16,18,20-21H2,1-4H3,(H2,34,35). The number of rotatable bonds is 10. The van der Waals surface area contributed by atoms with Crippen LogP contribution in [0.2, 0.25) is 0 Å². The van der Waals surface area contributed by atoms with E-state index < -0.39 is 0 Å². The quantitative estimate of drug-likeness (QED) is 0.194. The lowest BCUT2D eigenvalue weighted by Crippen LogP contribution is -2.41. The van der Waals surface area contributed by atoms with E-state index in [0.717, 1.165) is 66.0 Å². The maximum atomic E-state index is 6.46. The Balaban J connectivity index is 1.40. The molecular formula is C33H41N5S. The van der Waals surface area contributed by atoms with Gasteiger partial charge in [0.2, 0.25) is 0 Å². The topological polar surface area (TPSA) is 60.0 Å². The Morgan fingerprint density at radius 1 is 1.03 bits per heavy atom. The number of benzene rings is 2. The molecule has 0 radical (unpaired) electrons. The molecule has 0 unspecified atom stereocenters. The van der Waals surface area contributed by atoms with E-state index >= 15 is 0 Å². The maximum Gasteiger partial charge on any atom is 0.152 e. The van der Waals surface area contributed by atoms with Crippen molar-refractivity contribution < 1.29 is 0 Å². The van der Waals surface area contributed by atoms with Crippen molar-refractivity contribution in [2.24, 2.45) is 5.92 Å². The van der Waals surface area contributed by atoms with Gasteiger partial charge in [0, 0.05) is 28.6 Å². The molecule has 0 saturated heterocycles. The van der Waals surface area contributed by atoms with Gasteiger partial charge < -0.3 is 10.3 Å². The fraction of sp³-hybridized carbons (Fsp3) is 0.455. The van der Waals surface area contributed by atoms with Crippen LogP contribution >= 0.6 is 11.3 Å². The minimum Gasteiger partial charge on any atom is -0.382 e. The van der Waals surface area contributed by atoms with Gasteiger partial charge in [0.1, 0.15) is 11.3 Å². The Morgan fingerprint density at radius 2 is 1.82 bits per heavy atom. The molecule has 6 rings (SSSR count). The molecule has 0 aliphatic heterocycles. The summed E-state index contributed by atoms with van der Waals surface area (Å²) in [6.07, 6.45) is 7.33. The molecule has 5 aromatic rings. The number of imidazole rings is 1. The van der Waals surface area contributed by atoms with Crippen LogP contribution in [0, 0.1) is 5.92 Å². The second-order valence-corrected chi connectivity index (χ2v) is 13.2. The number of nitrogens with zero attached hydrogens (tertiary/aromatic N) is 4. The number of para-hydroxylation sites is 1. The molecule has 1 aliphatic carbocycles. The molecule has 204 valence electrons. The summed E-state index contributed by atoms with van der Waals surface area (Å²) >= 11 is 1.88. The Hall–Kier alpha value is -2.96. The normalized spacial score (nSPS) is 14.4. The van der Waals surface area contributed by atoms with Crippen molar-refractivity contribution >= 4 is 49.2 Å². The largest absolute Gasteiger partial charge is 0.382 e. The average molecular weight is 540 g/mol. The number of aryl methyl sites for hydroxylation is 1. The first kappa shape index (κ1) is 26.3. The zero-order chi connectivity index (χ0) is 27.1. The van der Waals surface area contributed by atoms with Gasteiger partial charge in [0.05, 0.1) is 17.6 Å². The maximum absolute atomic E-state index is 6.46. The van der Waals surface area contributed by atoms with Crippen molar-refractivity contribution in [1.82, 2.24) is 19.4 Å². The molecule has 2 N–H and O–H groups in total. The molecule has 1 fully saturated rings. The predicted octanol–water partition coefficient (Wildman–Crippen LogP) is 8.17. The molecule has 1 saturated carbocycles. The molecule has 0 spiro atoms. The molecule has 3 heterocycles. The van der Waals surface area contributed by atoms with E-state index in [2.05, 4.69) is 77.9 Å². The van der Waals surface area contributed by atoms with Gasteiger partial charge in [0.15, 0.2) is 5.82 Å². The summed E-state index contributed by atoms with van der Waals surface area (Å²) in [5.41, 5.74) is 12.2. The molecule has 6 heteroatoms. The summed E-state index contributed by atoms with van der Waals surface area (Å²) in [7, 11) is 0. The number of anilines is 1. The second kappa shape index (κ2) is 10.5. The van der Waals surface area contributed by atoms with Crippen LogP contribution in [-0.2, 0) is 19.5 Å². The van der Waals surface area contributed by atoms with Gasteiger partial charge in [-0.15, -0.1) is 11.3 Å². The Bertz CT molecular complexity index is 1620. The molecule has 3 aromatic heterocycles. The van der Waals surface area contributed by atoms with Crippen molar-refractivity contribution in [2.75, 3.05) is 12.3 Å². The summed E-state index contributed by atoms with van der Waals surface area (Å²) in [6, 6.07) is 15.3. The van der Waals surface area contributed by atoms with E-state index in [-0.39, 0.29) is 5.54 Å². The van der Waals surface area contributed by atoms with E-state index in [4.69, 9.17) is 10.7 Å². The molecule has 2 aromatic carbocycles. The average Bonchev–Trinajstić information content (AvgIpc) is 3.46. The molecule has 0 atom stereocenters. The first-order valence-corrected chi connectivity index (χ1v) is 15.5. The minimum atomic E-state index is 0.149. The summed E-state index contributed by atoms with van der Waals surface area (Å²) in [5, 5.41) is 4.74. The number of nitrogen functional groups attached to an aromatic ring is 1. The van der Waals surface area contributed by atoms with Crippen LogP contribution in [0.15, 0.2) is 47.8 Å². The number of fused-ring (bicyclic) bond motifs is 4. The lowest BCUT2D eigenvalue weighted by atomic mass is 10.0. The van der Waals surface area contributed by atoms with E-state index in [0.29, 0.717) is 5.82 Å². The summed E-state index contributed by atoms with van der Waals surface area (Å²) < 4.78 is 3.83. The monoisotopic (exact) mass is 539 g/mol. The van der Waals surface area contributed by atoms with Crippen molar-refractivity contribution in [2.45, 2.75) is 84.8 Å². The van der Waals surface area contributed by atoms with Gasteiger partial charge in [-0.1, -0.05) is 56.5 Å². The molecule has 1 aliphatic rings. The van der Waals surface area contributed by atoms with E-state index in [1.165, 1.54) is 47.0 Å². The number of hydrogen-bond donors (Lipinski definition) is 1. The first-order valence-electron chi connectivity index (χ1n) is 14.6. The molecule has 5 nitrogen and oxygen atoms in total. The van der Waals surface area contributed by atoms with Gasteiger partial charge in [0.25, 0.3) is 0 Å². The highest BCUT2D eigenvalue weighted by Crippen LogP contribution is 2.36. The number of nitrogens with two attached hydrogens (primary N) is 1. The van der Waals surface area contributed by atoms with Crippen LogP contribution < -0.4 is 5.73 Å². The fourth-order valence-electron chi connectivity index (χ4n) is 5.81. The molecule has 39 heavy (non-hydrogen) atoms. The Kier molecular flexibility index (Phi) is 7.11. The Morgan fingerprint density at radius 3 is 2.59 bits per heavy atom. The fourth-order valence-corrected chi connectivity index (χ4v) is 6.76. The van der Waals surface area contributed by atoms with Crippen LogP contribution in [0.1, 0.15) is 76.8 Å². The van der Waals surface area contributed by atoms with E-state index in [1.54, 1.807) is 0 Å². The van der Waals surface area contributed by atoms with Gasteiger partial charge in [-0.3, -0.25) is 4.90 Å². The molecular weight excluding hydrogens is 498 g/mol. The number of hydrogen-bond acceptors (Lipinski definition) is 5. The number of pyridine rings is 1. The van der Waals surface area contributed by atoms with Crippen LogP contribution in [0.4, 0.5) is 5.82 Å². The smallest absolute Gasteiger partial charge is 0.152 e. The van der Waals surface area contributed by atoms with Crippen molar-refractivity contribution in [3.8, 4) is 0 Å². The third-order valence-electron chi connectivity index (χ3n) is 8.37. The highest BCUT2D eigenvalue weighted by atomic mass is 32.1. The van der Waals surface area contributed by atoms with E-state index in [1.807, 2.05) is 23.5 Å². The van der Waals surface area contributed by atoms with E-state index in [9.17, 15) is 0 Å². The van der Waals surface area contributed by atoms with Crippen molar-refractivity contribution in [3.63, 3.8) is 0 Å². The second-order valence-electron chi connectivity index (χ2n) is 12.3. The highest BCUT2D eigenvalue weighted by molar-refractivity contribution is 7.17. The van der Waals surface area contributed by atoms with Gasteiger partial charge in [-0.05, 0) is 80.1 Å². The van der Waals surface area contributed by atoms with Gasteiger partial charge in [-0.2, -0.15) is 0 Å². The predicted molar refractivity (Wildman–Crippen MR) is 166 cm³/mol. The van der Waals surface area contributed by atoms with Crippen LogP contribution in [-0.4, -0.2) is 31.5 Å². The zero-order valence-corrected chi connectivity index (χ0v) is 24.7. The van der Waals surface area contributed by atoms with Crippen LogP contribution in [0.5, 0.6) is 0 Å².